The van der Waals surface area contributed by atoms with Crippen LogP contribution < -0.4 is 5.73 Å². The first kappa shape index (κ1) is 13.5. The molecule has 1 aliphatic rings. The summed E-state index contributed by atoms with van der Waals surface area (Å²) >= 11 is 0. The van der Waals surface area contributed by atoms with Gasteiger partial charge in [0.25, 0.3) is 0 Å². The van der Waals surface area contributed by atoms with E-state index in [1.54, 1.807) is 0 Å². The van der Waals surface area contributed by atoms with Crippen LogP contribution >= 0.6 is 0 Å². The molecule has 1 aliphatic carbocycles. The molecule has 16 heavy (non-hydrogen) atoms. The third kappa shape index (κ3) is 3.21. The molecule has 0 saturated heterocycles. The number of hydrogen-bond acceptors (Lipinski definition) is 2. The number of aliphatic imine (C=N–C) groups is 1. The zero-order valence-electron chi connectivity index (χ0n) is 11.0. The summed E-state index contributed by atoms with van der Waals surface area (Å²) in [5, 5.41) is 0. The second kappa shape index (κ2) is 6.24. The Morgan fingerprint density at radius 1 is 1.50 bits per heavy atom. The number of rotatable bonds is 5. The van der Waals surface area contributed by atoms with Crippen LogP contribution in [0.2, 0.25) is 0 Å². The van der Waals surface area contributed by atoms with Gasteiger partial charge in [0, 0.05) is 13.2 Å². The number of nitrogens with two attached hydrogens (primary N) is 1. The van der Waals surface area contributed by atoms with E-state index < -0.39 is 0 Å². The summed E-state index contributed by atoms with van der Waals surface area (Å²) in [6.45, 7) is 7.96. The highest BCUT2D eigenvalue weighted by atomic mass is 16.5. The molecular weight excluding hydrogens is 200 g/mol. The molecule has 3 heteroatoms. The summed E-state index contributed by atoms with van der Waals surface area (Å²) in [4.78, 5) is 4.46. The molecule has 0 aliphatic heterocycles. The minimum atomic E-state index is -0.262. The first-order valence-corrected chi connectivity index (χ1v) is 6.59. The van der Waals surface area contributed by atoms with Gasteiger partial charge in [-0.3, -0.25) is 4.99 Å². The number of amidine groups is 1. The highest BCUT2D eigenvalue weighted by Crippen LogP contribution is 2.35. The van der Waals surface area contributed by atoms with Crippen molar-refractivity contribution in [2.24, 2.45) is 16.6 Å². The first-order chi connectivity index (χ1) is 7.64. The largest absolute Gasteiger partial charge is 0.385 e. The average molecular weight is 226 g/mol. The average Bonchev–Trinajstić information content (AvgIpc) is 2.26. The van der Waals surface area contributed by atoms with Crippen LogP contribution in [0.15, 0.2) is 4.99 Å². The van der Waals surface area contributed by atoms with Crippen LogP contribution in [0.3, 0.4) is 0 Å². The Labute approximate surface area is 99.5 Å². The van der Waals surface area contributed by atoms with Crippen LogP contribution in [0.25, 0.3) is 0 Å². The lowest BCUT2D eigenvalue weighted by Gasteiger charge is -2.39. The maximum absolute atomic E-state index is 6.14. The second-order valence-corrected chi connectivity index (χ2v) is 4.90. The maximum Gasteiger partial charge on any atom is 0.126 e. The Bertz CT molecular complexity index is 236. The molecule has 0 amide bonds. The normalized spacial score (nSPS) is 31.7. The van der Waals surface area contributed by atoms with Gasteiger partial charge in [-0.15, -0.1) is 0 Å². The van der Waals surface area contributed by atoms with Crippen molar-refractivity contribution in [3.63, 3.8) is 0 Å². The predicted octanol–water partition coefficient (Wildman–Crippen LogP) is 2.74. The molecule has 0 spiro atoms. The minimum Gasteiger partial charge on any atom is -0.385 e. The van der Waals surface area contributed by atoms with E-state index in [0.717, 1.165) is 38.2 Å². The van der Waals surface area contributed by atoms with Crippen molar-refractivity contribution in [2.45, 2.75) is 58.5 Å². The Morgan fingerprint density at radius 3 is 2.81 bits per heavy atom. The molecule has 3 nitrogen and oxygen atoms in total. The molecule has 1 saturated carbocycles. The zero-order chi connectivity index (χ0) is 12.0. The smallest absolute Gasteiger partial charge is 0.126 e. The highest BCUT2D eigenvalue weighted by molar-refractivity contribution is 5.89. The number of nitrogens with zero attached hydrogens (tertiary/aromatic N) is 1. The summed E-state index contributed by atoms with van der Waals surface area (Å²) in [5.74, 6) is 1.42. The quantitative estimate of drug-likeness (QED) is 0.579. The molecule has 0 radical (unpaired) electrons. The van der Waals surface area contributed by atoms with Gasteiger partial charge in [-0.1, -0.05) is 20.3 Å². The van der Waals surface area contributed by atoms with E-state index in [2.05, 4.69) is 18.8 Å². The Hall–Kier alpha value is -0.570. The molecule has 0 bridgehead atoms. The number of ether oxygens (including phenoxy) is 1. The highest BCUT2D eigenvalue weighted by Gasteiger charge is 2.39. The van der Waals surface area contributed by atoms with Crippen molar-refractivity contribution < 1.29 is 4.74 Å². The van der Waals surface area contributed by atoms with E-state index in [4.69, 9.17) is 10.5 Å². The van der Waals surface area contributed by atoms with Crippen molar-refractivity contribution in [3.8, 4) is 0 Å². The van der Waals surface area contributed by atoms with E-state index in [-0.39, 0.29) is 5.60 Å². The molecule has 2 N–H and O–H groups in total. The molecule has 1 fully saturated rings. The molecular formula is C13H26N2O. The van der Waals surface area contributed by atoms with Gasteiger partial charge in [0.2, 0.25) is 0 Å². The van der Waals surface area contributed by atoms with Crippen LogP contribution in [0.1, 0.15) is 52.9 Å². The zero-order valence-corrected chi connectivity index (χ0v) is 11.0. The van der Waals surface area contributed by atoms with Gasteiger partial charge in [-0.2, -0.15) is 0 Å². The molecule has 94 valence electrons. The third-order valence-electron chi connectivity index (χ3n) is 3.35. The topological polar surface area (TPSA) is 47.6 Å². The predicted molar refractivity (Wildman–Crippen MR) is 68.8 cm³/mol. The fraction of sp³-hybridized carbons (Fsp3) is 0.923. The van der Waals surface area contributed by atoms with Gasteiger partial charge >= 0.3 is 0 Å². The molecule has 1 rings (SSSR count). The van der Waals surface area contributed by atoms with Crippen LogP contribution in [0.5, 0.6) is 0 Å². The van der Waals surface area contributed by atoms with Crippen molar-refractivity contribution in [2.75, 3.05) is 13.2 Å². The second-order valence-electron chi connectivity index (χ2n) is 4.90. The summed E-state index contributed by atoms with van der Waals surface area (Å²) in [6.07, 6.45) is 5.59. The lowest BCUT2D eigenvalue weighted by atomic mass is 9.78. The SMILES string of the molecule is CCCN=C(N)C1(OCC)CCCC(C)C1. The van der Waals surface area contributed by atoms with Crippen molar-refractivity contribution >= 4 is 5.84 Å². The fourth-order valence-corrected chi connectivity index (χ4v) is 2.59. The summed E-state index contributed by atoms with van der Waals surface area (Å²) in [6, 6.07) is 0. The van der Waals surface area contributed by atoms with Crippen molar-refractivity contribution in [3.05, 3.63) is 0 Å². The summed E-state index contributed by atoms with van der Waals surface area (Å²) < 4.78 is 5.94. The Balaban J connectivity index is 2.77. The lowest BCUT2D eigenvalue weighted by molar-refractivity contribution is -0.0246. The molecule has 0 aromatic rings. The molecule has 0 aromatic carbocycles. The monoisotopic (exact) mass is 226 g/mol. The van der Waals surface area contributed by atoms with E-state index in [1.807, 2.05) is 6.92 Å². The van der Waals surface area contributed by atoms with Crippen molar-refractivity contribution in [1.82, 2.24) is 0 Å². The summed E-state index contributed by atoms with van der Waals surface area (Å²) in [5.41, 5.74) is 5.88. The molecule has 2 unspecified atom stereocenters. The van der Waals surface area contributed by atoms with Gasteiger partial charge in [-0.05, 0) is 38.5 Å². The van der Waals surface area contributed by atoms with Crippen LogP contribution in [-0.4, -0.2) is 24.6 Å². The fourth-order valence-electron chi connectivity index (χ4n) is 2.59. The lowest BCUT2D eigenvalue weighted by Crippen LogP contribution is -2.49. The van der Waals surface area contributed by atoms with Gasteiger partial charge in [0.15, 0.2) is 0 Å². The van der Waals surface area contributed by atoms with Crippen molar-refractivity contribution in [1.29, 1.82) is 0 Å². The summed E-state index contributed by atoms with van der Waals surface area (Å²) in [7, 11) is 0. The van der Waals surface area contributed by atoms with Crippen LogP contribution in [-0.2, 0) is 4.74 Å². The molecule has 0 aromatic heterocycles. The molecule has 0 heterocycles. The van der Waals surface area contributed by atoms with E-state index in [0.29, 0.717) is 5.92 Å². The van der Waals surface area contributed by atoms with E-state index in [1.165, 1.54) is 12.8 Å². The van der Waals surface area contributed by atoms with Gasteiger partial charge in [-0.25, -0.2) is 0 Å². The minimum absolute atomic E-state index is 0.262. The Morgan fingerprint density at radius 2 is 2.25 bits per heavy atom. The van der Waals surface area contributed by atoms with Crippen LogP contribution in [0, 0.1) is 5.92 Å². The van der Waals surface area contributed by atoms with Crippen LogP contribution in [0.4, 0.5) is 0 Å². The standard InChI is InChI=1S/C13H26N2O/c1-4-9-15-12(14)13(16-5-2)8-6-7-11(3)10-13/h11H,4-10H2,1-3H3,(H2,14,15). The van der Waals surface area contributed by atoms with Gasteiger partial charge < -0.3 is 10.5 Å². The molecule has 2 atom stereocenters. The van der Waals surface area contributed by atoms with E-state index in [9.17, 15) is 0 Å². The van der Waals surface area contributed by atoms with Gasteiger partial charge in [0.05, 0.1) is 0 Å². The maximum atomic E-state index is 6.14. The third-order valence-corrected chi connectivity index (χ3v) is 3.35. The number of hydrogen-bond donors (Lipinski definition) is 1. The first-order valence-electron chi connectivity index (χ1n) is 6.59. The van der Waals surface area contributed by atoms with E-state index >= 15 is 0 Å². The van der Waals surface area contributed by atoms with Gasteiger partial charge in [0.1, 0.15) is 11.4 Å². The Kier molecular flexibility index (Phi) is 5.26.